The molecule has 2 amide bonds. The summed E-state index contributed by atoms with van der Waals surface area (Å²) in [6.07, 6.45) is 16.0. The van der Waals surface area contributed by atoms with E-state index < -0.39 is 0 Å². The van der Waals surface area contributed by atoms with Crippen LogP contribution in [0.25, 0.3) is 0 Å². The minimum atomic E-state index is -0.101. The summed E-state index contributed by atoms with van der Waals surface area (Å²) < 4.78 is 11.6. The smallest absolute Gasteiger partial charge is 0.243 e. The van der Waals surface area contributed by atoms with Crippen molar-refractivity contribution in [2.45, 2.75) is 70.6 Å². The van der Waals surface area contributed by atoms with Crippen molar-refractivity contribution in [1.82, 2.24) is 20.4 Å². The summed E-state index contributed by atoms with van der Waals surface area (Å²) in [6, 6.07) is 0. The lowest BCUT2D eigenvalue weighted by Gasteiger charge is -2.33. The van der Waals surface area contributed by atoms with E-state index in [2.05, 4.69) is 33.6 Å². The Hall–Kier alpha value is -1.74. The Labute approximate surface area is 237 Å². The Bertz CT molecular complexity index is 618. The molecule has 2 aliphatic rings. The van der Waals surface area contributed by atoms with Gasteiger partial charge in [0.15, 0.2) is 0 Å². The molecule has 2 heterocycles. The Kier molecular flexibility index (Phi) is 18.9. The largest absolute Gasteiger partial charge is 0.380 e. The predicted octanol–water partition coefficient (Wildman–Crippen LogP) is 3.78. The van der Waals surface area contributed by atoms with Gasteiger partial charge in [0.2, 0.25) is 11.8 Å². The van der Waals surface area contributed by atoms with Crippen molar-refractivity contribution in [3.8, 4) is 0 Å². The Morgan fingerprint density at radius 1 is 0.641 bits per heavy atom. The number of rotatable bonds is 22. The van der Waals surface area contributed by atoms with E-state index in [1.54, 1.807) is 0 Å². The van der Waals surface area contributed by atoms with E-state index in [1.807, 2.05) is 0 Å². The molecular formula is C31H56N4O4. The molecule has 0 aromatic rings. The van der Waals surface area contributed by atoms with Gasteiger partial charge in [-0.1, -0.05) is 32.4 Å². The number of carbonyl (C=O) groups is 2. The van der Waals surface area contributed by atoms with Crippen LogP contribution in [0.5, 0.6) is 0 Å². The fourth-order valence-electron chi connectivity index (χ4n) is 5.51. The molecule has 0 atom stereocenters. The van der Waals surface area contributed by atoms with Crippen LogP contribution in [-0.4, -0.2) is 100 Å². The molecule has 2 aliphatic heterocycles. The normalized spacial score (nSPS) is 17.6. The van der Waals surface area contributed by atoms with E-state index in [4.69, 9.17) is 9.47 Å². The molecular weight excluding hydrogens is 492 g/mol. The first-order valence-corrected chi connectivity index (χ1v) is 15.5. The van der Waals surface area contributed by atoms with Crippen molar-refractivity contribution in [3.05, 3.63) is 25.3 Å². The summed E-state index contributed by atoms with van der Waals surface area (Å²) in [5, 5.41) is 5.59. The van der Waals surface area contributed by atoms with Crippen LogP contribution in [-0.2, 0) is 19.1 Å². The van der Waals surface area contributed by atoms with E-state index >= 15 is 0 Å². The Balaban J connectivity index is 1.35. The van der Waals surface area contributed by atoms with Gasteiger partial charge in [0.05, 0.1) is 13.2 Å². The number of nitrogens with one attached hydrogen (secondary N) is 2. The van der Waals surface area contributed by atoms with Gasteiger partial charge in [-0.15, -0.1) is 0 Å². The second kappa shape index (κ2) is 22.0. The maximum absolute atomic E-state index is 11.1. The first-order chi connectivity index (χ1) is 19.1. The summed E-state index contributed by atoms with van der Waals surface area (Å²) in [5.41, 5.74) is 0. The molecule has 0 aromatic heterocycles. The van der Waals surface area contributed by atoms with Crippen LogP contribution in [0, 0.1) is 11.8 Å². The quantitative estimate of drug-likeness (QED) is 0.158. The number of carbonyl (C=O) groups excluding carboxylic acids is 2. The third-order valence-electron chi connectivity index (χ3n) is 8.14. The summed E-state index contributed by atoms with van der Waals surface area (Å²) >= 11 is 0. The zero-order chi connectivity index (χ0) is 28.0. The summed E-state index contributed by atoms with van der Waals surface area (Å²) in [7, 11) is 0. The molecule has 2 saturated heterocycles. The number of piperidine rings is 2. The van der Waals surface area contributed by atoms with E-state index in [9.17, 15) is 9.59 Å². The SMILES string of the molecule is C=CC(=O)NCCCCOCCN1CCC(CCCC2CCN(CCOCCCCNC(=O)C=C)CC2)CC1. The van der Waals surface area contributed by atoms with E-state index in [0.29, 0.717) is 13.1 Å². The molecule has 2 N–H and O–H groups in total. The lowest BCUT2D eigenvalue weighted by molar-refractivity contribution is -0.117. The number of hydrogen-bond acceptors (Lipinski definition) is 6. The topological polar surface area (TPSA) is 83.1 Å². The van der Waals surface area contributed by atoms with E-state index in [1.165, 1.54) is 83.3 Å². The summed E-state index contributed by atoms with van der Waals surface area (Å²) in [4.78, 5) is 27.3. The minimum absolute atomic E-state index is 0.101. The van der Waals surface area contributed by atoms with Crippen molar-refractivity contribution < 1.29 is 19.1 Å². The number of amides is 2. The third-order valence-corrected chi connectivity index (χ3v) is 8.14. The number of ether oxygens (including phenoxy) is 2. The maximum atomic E-state index is 11.1. The van der Waals surface area contributed by atoms with Crippen LogP contribution in [0.15, 0.2) is 25.3 Å². The molecule has 2 fully saturated rings. The molecule has 0 aliphatic carbocycles. The van der Waals surface area contributed by atoms with Crippen molar-refractivity contribution in [2.24, 2.45) is 11.8 Å². The molecule has 8 nitrogen and oxygen atoms in total. The standard InChI is InChI=1S/C31H56N4O4/c1-3-30(36)32-16-5-7-24-38-26-22-34-18-12-28(13-19-34)10-9-11-29-14-20-35(21-15-29)23-27-39-25-8-6-17-33-31(37)4-2/h3-4,28-29H,1-2,5-27H2,(H,32,36)(H,33,37). The van der Waals surface area contributed by atoms with Gasteiger partial charge < -0.3 is 29.9 Å². The summed E-state index contributed by atoms with van der Waals surface area (Å²) in [5.74, 6) is 1.61. The van der Waals surface area contributed by atoms with Crippen LogP contribution in [0.1, 0.15) is 70.6 Å². The zero-order valence-corrected chi connectivity index (χ0v) is 24.5. The first kappa shape index (κ1) is 33.5. The average molecular weight is 549 g/mol. The predicted molar refractivity (Wildman–Crippen MR) is 159 cm³/mol. The van der Waals surface area contributed by atoms with Crippen molar-refractivity contribution >= 4 is 11.8 Å². The van der Waals surface area contributed by atoms with E-state index in [-0.39, 0.29) is 11.8 Å². The molecule has 0 saturated carbocycles. The lowest BCUT2D eigenvalue weighted by Crippen LogP contribution is -2.36. The molecule has 39 heavy (non-hydrogen) atoms. The van der Waals surface area contributed by atoms with Gasteiger partial charge in [-0.25, -0.2) is 0 Å². The highest BCUT2D eigenvalue weighted by Gasteiger charge is 2.21. The molecule has 0 aromatic carbocycles. The van der Waals surface area contributed by atoms with Crippen LogP contribution in [0.3, 0.4) is 0 Å². The first-order valence-electron chi connectivity index (χ1n) is 15.5. The third kappa shape index (κ3) is 16.8. The summed E-state index contributed by atoms with van der Waals surface area (Å²) in [6.45, 7) is 18.4. The number of likely N-dealkylation sites (tertiary alicyclic amines) is 2. The molecule has 0 unspecified atom stereocenters. The van der Waals surface area contributed by atoms with Crippen molar-refractivity contribution in [1.29, 1.82) is 0 Å². The maximum Gasteiger partial charge on any atom is 0.243 e. The highest BCUT2D eigenvalue weighted by atomic mass is 16.5. The number of nitrogens with zero attached hydrogens (tertiary/aromatic N) is 2. The monoisotopic (exact) mass is 548 g/mol. The second-order valence-corrected chi connectivity index (χ2v) is 11.1. The Morgan fingerprint density at radius 2 is 1.05 bits per heavy atom. The fourth-order valence-corrected chi connectivity index (χ4v) is 5.51. The highest BCUT2D eigenvalue weighted by molar-refractivity contribution is 5.87. The van der Waals surface area contributed by atoms with Gasteiger partial charge in [-0.05, 0) is 102 Å². The van der Waals surface area contributed by atoms with Gasteiger partial charge in [0.1, 0.15) is 0 Å². The van der Waals surface area contributed by atoms with Crippen LogP contribution in [0.4, 0.5) is 0 Å². The molecule has 0 bridgehead atoms. The molecule has 8 heteroatoms. The molecule has 0 radical (unpaired) electrons. The van der Waals surface area contributed by atoms with Crippen LogP contribution < -0.4 is 10.6 Å². The van der Waals surface area contributed by atoms with Gasteiger partial charge in [0, 0.05) is 39.4 Å². The van der Waals surface area contributed by atoms with E-state index in [0.717, 1.165) is 77.0 Å². The lowest BCUT2D eigenvalue weighted by atomic mass is 9.87. The highest BCUT2D eigenvalue weighted by Crippen LogP contribution is 2.27. The minimum Gasteiger partial charge on any atom is -0.380 e. The van der Waals surface area contributed by atoms with Gasteiger partial charge in [-0.2, -0.15) is 0 Å². The number of unbranched alkanes of at least 4 members (excludes halogenated alkanes) is 2. The van der Waals surface area contributed by atoms with Crippen LogP contribution in [0.2, 0.25) is 0 Å². The average Bonchev–Trinajstić information content (AvgIpc) is 2.97. The number of hydrogen-bond donors (Lipinski definition) is 2. The van der Waals surface area contributed by atoms with Gasteiger partial charge in [0.25, 0.3) is 0 Å². The van der Waals surface area contributed by atoms with Gasteiger partial charge >= 0.3 is 0 Å². The second-order valence-electron chi connectivity index (χ2n) is 11.1. The van der Waals surface area contributed by atoms with Crippen molar-refractivity contribution in [2.75, 3.05) is 78.8 Å². The van der Waals surface area contributed by atoms with Crippen molar-refractivity contribution in [3.63, 3.8) is 0 Å². The molecule has 2 rings (SSSR count). The molecule has 224 valence electrons. The van der Waals surface area contributed by atoms with Crippen LogP contribution >= 0.6 is 0 Å². The van der Waals surface area contributed by atoms with Gasteiger partial charge in [-0.3, -0.25) is 9.59 Å². The molecule has 0 spiro atoms. The Morgan fingerprint density at radius 3 is 1.44 bits per heavy atom. The fraction of sp³-hybridized carbons (Fsp3) is 0.806. The zero-order valence-electron chi connectivity index (χ0n) is 24.5.